The quantitative estimate of drug-likeness (QED) is 0.155. The van der Waals surface area contributed by atoms with Crippen LogP contribution in [0.1, 0.15) is 96.3 Å². The van der Waals surface area contributed by atoms with Crippen LogP contribution >= 0.6 is 24.8 Å². The predicted molar refractivity (Wildman–Crippen MR) is 165 cm³/mol. The molecule has 8 heteroatoms. The largest absolute Gasteiger partial charge is 0.317 e. The average molecular weight is 531 g/mol. The van der Waals surface area contributed by atoms with Gasteiger partial charge in [0.2, 0.25) is 0 Å². The fraction of sp³-hybridized carbons (Fsp3) is 0.926. The summed E-state index contributed by atoms with van der Waals surface area (Å²) >= 11 is 7.93. The molecule has 0 aromatic heterocycles. The van der Waals surface area contributed by atoms with Crippen LogP contribution in [0.2, 0.25) is 0 Å². The van der Waals surface area contributed by atoms with E-state index in [9.17, 15) is 0 Å². The number of piperidine rings is 5. The van der Waals surface area contributed by atoms with Crippen LogP contribution in [-0.4, -0.2) is 76.5 Å². The van der Waals surface area contributed by atoms with Crippen molar-refractivity contribution in [2.45, 2.75) is 96.3 Å². The summed E-state index contributed by atoms with van der Waals surface area (Å²) in [5.74, 6) is 0. The Kier molecular flexibility index (Phi) is 31.9. The second kappa shape index (κ2) is 31.9. The maximum atomic E-state index is 4.33. The Morgan fingerprint density at radius 1 is 0.429 bits per heavy atom. The zero-order chi connectivity index (χ0) is 25.5. The molecule has 208 valence electrons. The minimum atomic E-state index is 0.296. The molecule has 5 fully saturated rings. The van der Waals surface area contributed by atoms with Crippen LogP contribution in [0.15, 0.2) is 4.99 Å². The molecule has 0 bridgehead atoms. The Balaban J connectivity index is 0.000000397. The van der Waals surface area contributed by atoms with E-state index in [-0.39, 0.29) is 0 Å². The fourth-order valence-electron chi connectivity index (χ4n) is 4.01. The Morgan fingerprint density at radius 2 is 0.571 bits per heavy atom. The lowest BCUT2D eigenvalue weighted by molar-refractivity contribution is 0.520. The molecule has 5 aliphatic rings. The van der Waals surface area contributed by atoms with Crippen molar-refractivity contribution in [3.63, 3.8) is 0 Å². The zero-order valence-corrected chi connectivity index (χ0v) is 24.4. The van der Waals surface area contributed by atoms with E-state index in [2.05, 4.69) is 63.1 Å². The molecule has 0 aliphatic carbocycles. The van der Waals surface area contributed by atoms with Gasteiger partial charge >= 0.3 is 0 Å². The lowest BCUT2D eigenvalue weighted by Crippen LogP contribution is -2.21. The zero-order valence-electron chi connectivity index (χ0n) is 22.7. The van der Waals surface area contributed by atoms with Crippen molar-refractivity contribution in [2.75, 3.05) is 65.4 Å². The fourth-order valence-corrected chi connectivity index (χ4v) is 4.01. The highest BCUT2D eigenvalue weighted by Gasteiger charge is 1.96. The number of rotatable bonds is 0. The van der Waals surface area contributed by atoms with Gasteiger partial charge < -0.3 is 26.6 Å². The molecule has 0 aromatic carbocycles. The van der Waals surface area contributed by atoms with Crippen molar-refractivity contribution in [1.82, 2.24) is 26.6 Å². The molecule has 5 saturated heterocycles. The summed E-state index contributed by atoms with van der Waals surface area (Å²) in [5, 5.41) is 16.4. The van der Waals surface area contributed by atoms with Crippen LogP contribution in [0.25, 0.3) is 0 Å². The molecule has 0 amide bonds. The first-order valence-corrected chi connectivity index (χ1v) is 15.4. The standard InChI is InChI=1S/5C5H11N.C2H3NS2/c5*1-2-4-6-5-3-1;1-3-2(4)5/h5*6H,1-5H2;1H2,(H,4,5). The molecule has 5 aliphatic heterocycles. The molecule has 0 atom stereocenters. The third-order valence-corrected chi connectivity index (χ3v) is 6.44. The average Bonchev–Trinajstić information content (AvgIpc) is 2.99. The van der Waals surface area contributed by atoms with Crippen LogP contribution < -0.4 is 26.6 Å². The molecular formula is C27H58N6S2. The summed E-state index contributed by atoms with van der Waals surface area (Å²) < 4.78 is 0.296. The van der Waals surface area contributed by atoms with Crippen LogP contribution in [0.5, 0.6) is 0 Å². The predicted octanol–water partition coefficient (Wildman–Crippen LogP) is 4.70. The maximum Gasteiger partial charge on any atom is 0.155 e. The van der Waals surface area contributed by atoms with E-state index in [0.29, 0.717) is 4.32 Å². The minimum Gasteiger partial charge on any atom is -0.317 e. The van der Waals surface area contributed by atoms with Gasteiger partial charge in [-0.1, -0.05) is 44.3 Å². The summed E-state index contributed by atoms with van der Waals surface area (Å²) in [6.45, 7) is 15.6. The van der Waals surface area contributed by atoms with Crippen LogP contribution in [0.3, 0.4) is 0 Å². The third-order valence-electron chi connectivity index (χ3n) is 6.17. The highest BCUT2D eigenvalue weighted by molar-refractivity contribution is 8.11. The van der Waals surface area contributed by atoms with Gasteiger partial charge in [-0.05, 0) is 136 Å². The number of nitrogens with one attached hydrogen (secondary N) is 5. The molecule has 0 aromatic rings. The van der Waals surface area contributed by atoms with Gasteiger partial charge in [-0.15, -0.1) is 12.6 Å². The highest BCUT2D eigenvalue weighted by Crippen LogP contribution is 1.98. The molecular weight excluding hydrogens is 472 g/mol. The van der Waals surface area contributed by atoms with Crippen molar-refractivity contribution in [1.29, 1.82) is 0 Å². The van der Waals surface area contributed by atoms with E-state index in [1.54, 1.807) is 0 Å². The van der Waals surface area contributed by atoms with E-state index >= 15 is 0 Å². The summed E-state index contributed by atoms with van der Waals surface area (Å²) in [5.41, 5.74) is 0. The Hall–Kier alpha value is -0.0900. The molecule has 0 spiro atoms. The van der Waals surface area contributed by atoms with Crippen molar-refractivity contribution in [3.05, 3.63) is 0 Å². The van der Waals surface area contributed by atoms with Crippen molar-refractivity contribution >= 4 is 35.9 Å². The van der Waals surface area contributed by atoms with E-state index < -0.39 is 0 Å². The number of hydrogen-bond donors (Lipinski definition) is 6. The Labute approximate surface area is 228 Å². The second-order valence-corrected chi connectivity index (χ2v) is 10.6. The molecule has 6 nitrogen and oxygen atoms in total. The lowest BCUT2D eigenvalue weighted by Gasteiger charge is -2.08. The van der Waals surface area contributed by atoms with Crippen LogP contribution in [0, 0.1) is 0 Å². The SMILES string of the molecule is C1CCNCC1.C1CCNCC1.C1CCNCC1.C1CCNCC1.C1CCNCC1.C=NC(=S)S. The van der Waals surface area contributed by atoms with E-state index in [0.717, 1.165) is 0 Å². The number of aliphatic imine (C=N–C) groups is 1. The van der Waals surface area contributed by atoms with Crippen LogP contribution in [0.4, 0.5) is 0 Å². The molecule has 0 unspecified atom stereocenters. The van der Waals surface area contributed by atoms with Gasteiger partial charge in [-0.2, -0.15) is 0 Å². The molecule has 5 heterocycles. The second-order valence-electron chi connectivity index (χ2n) is 9.49. The normalized spacial score (nSPS) is 21.5. The Bertz CT molecular complexity index is 293. The first kappa shape index (κ1) is 34.9. The lowest BCUT2D eigenvalue weighted by atomic mass is 10.2. The van der Waals surface area contributed by atoms with Crippen molar-refractivity contribution in [2.24, 2.45) is 4.99 Å². The number of thiol groups is 1. The summed E-state index contributed by atoms with van der Waals surface area (Å²) in [6.07, 6.45) is 21.1. The number of hydrogen-bond acceptors (Lipinski definition) is 6. The molecule has 0 radical (unpaired) electrons. The molecule has 35 heavy (non-hydrogen) atoms. The first-order chi connectivity index (χ1) is 17.3. The third kappa shape index (κ3) is 33.9. The molecule has 5 rings (SSSR count). The Morgan fingerprint density at radius 3 is 0.600 bits per heavy atom. The van der Waals surface area contributed by atoms with Crippen molar-refractivity contribution in [3.8, 4) is 0 Å². The van der Waals surface area contributed by atoms with E-state index in [1.807, 2.05) is 0 Å². The van der Waals surface area contributed by atoms with Crippen LogP contribution in [-0.2, 0) is 0 Å². The first-order valence-electron chi connectivity index (χ1n) is 14.5. The highest BCUT2D eigenvalue weighted by atomic mass is 32.1. The smallest absolute Gasteiger partial charge is 0.155 e. The van der Waals surface area contributed by atoms with Gasteiger partial charge in [0.1, 0.15) is 0 Å². The monoisotopic (exact) mass is 530 g/mol. The minimum absolute atomic E-state index is 0.296. The molecule has 5 N–H and O–H groups in total. The summed E-state index contributed by atoms with van der Waals surface area (Å²) in [6, 6.07) is 0. The van der Waals surface area contributed by atoms with Gasteiger partial charge in [0.15, 0.2) is 4.32 Å². The van der Waals surface area contributed by atoms with Gasteiger partial charge in [-0.3, -0.25) is 0 Å². The van der Waals surface area contributed by atoms with E-state index in [1.165, 1.54) is 162 Å². The topological polar surface area (TPSA) is 72.5 Å². The van der Waals surface area contributed by atoms with Gasteiger partial charge in [0.05, 0.1) is 0 Å². The number of nitrogens with zero attached hydrogens (tertiary/aromatic N) is 1. The summed E-state index contributed by atoms with van der Waals surface area (Å²) in [4.78, 5) is 3.23. The van der Waals surface area contributed by atoms with Gasteiger partial charge in [0, 0.05) is 0 Å². The van der Waals surface area contributed by atoms with Crippen molar-refractivity contribution < 1.29 is 0 Å². The van der Waals surface area contributed by atoms with E-state index in [4.69, 9.17) is 0 Å². The summed E-state index contributed by atoms with van der Waals surface area (Å²) in [7, 11) is 0. The number of thiocarbonyl (C=S) groups is 1. The molecule has 0 saturated carbocycles. The van der Waals surface area contributed by atoms with Gasteiger partial charge in [0.25, 0.3) is 0 Å². The van der Waals surface area contributed by atoms with Gasteiger partial charge in [-0.25, -0.2) is 4.99 Å². The maximum absolute atomic E-state index is 4.33.